The highest BCUT2D eigenvalue weighted by atomic mass is 16.8. The Kier molecular flexibility index (Phi) is 9.54. The van der Waals surface area contributed by atoms with E-state index in [1.54, 1.807) is 0 Å². The Bertz CT molecular complexity index is 637. The van der Waals surface area contributed by atoms with E-state index in [0.29, 0.717) is 0 Å². The Morgan fingerprint density at radius 3 is 1.26 bits per heavy atom. The molecule has 3 aliphatic heterocycles. The van der Waals surface area contributed by atoms with Gasteiger partial charge in [-0.1, -0.05) is 0 Å². The van der Waals surface area contributed by atoms with E-state index in [2.05, 4.69) is 0 Å². The van der Waals surface area contributed by atoms with Gasteiger partial charge >= 0.3 is 0 Å². The largest absolute Gasteiger partial charge is 0.394 e. The molecular weight excluding hydrogens is 472 g/mol. The van der Waals surface area contributed by atoms with Crippen LogP contribution in [0.5, 0.6) is 0 Å². The average Bonchev–Trinajstić information content (AvgIpc) is 2.82. The second-order valence-corrected chi connectivity index (χ2v) is 8.33. The summed E-state index contributed by atoms with van der Waals surface area (Å²) in [5, 5.41) is 109. The molecule has 3 aliphatic rings. The van der Waals surface area contributed by atoms with E-state index in [1.165, 1.54) is 0 Å². The van der Waals surface area contributed by atoms with Crippen molar-refractivity contribution in [3.8, 4) is 0 Å². The molecule has 3 fully saturated rings. The molecule has 16 heteroatoms. The van der Waals surface area contributed by atoms with Crippen molar-refractivity contribution in [2.24, 2.45) is 0 Å². The predicted octanol–water partition coefficient (Wildman–Crippen LogP) is -7.57. The molecule has 0 unspecified atom stereocenters. The van der Waals surface area contributed by atoms with E-state index in [9.17, 15) is 56.2 Å². The van der Waals surface area contributed by atoms with Gasteiger partial charge in [-0.25, -0.2) is 0 Å². The number of aliphatic hydroxyl groups is 11. The van der Waals surface area contributed by atoms with Crippen molar-refractivity contribution in [2.75, 3.05) is 19.8 Å². The van der Waals surface area contributed by atoms with Crippen LogP contribution in [0.25, 0.3) is 0 Å². The minimum atomic E-state index is -1.92. The Labute approximate surface area is 192 Å². The van der Waals surface area contributed by atoms with Crippen LogP contribution in [0.15, 0.2) is 0 Å². The van der Waals surface area contributed by atoms with Crippen LogP contribution in [-0.4, -0.2) is 168 Å². The van der Waals surface area contributed by atoms with Crippen LogP contribution in [0.2, 0.25) is 0 Å². The lowest BCUT2D eigenvalue weighted by molar-refractivity contribution is -0.382. The van der Waals surface area contributed by atoms with Crippen molar-refractivity contribution in [1.82, 2.24) is 0 Å². The minimum Gasteiger partial charge on any atom is -0.394 e. The molecule has 16 nitrogen and oxygen atoms in total. The first-order chi connectivity index (χ1) is 16.0. The number of hydrogen-bond acceptors (Lipinski definition) is 16. The minimum absolute atomic E-state index is 0.750. The molecule has 3 rings (SSSR count). The summed E-state index contributed by atoms with van der Waals surface area (Å²) in [6, 6.07) is 0. The van der Waals surface area contributed by atoms with Crippen LogP contribution >= 0.6 is 0 Å². The number of hydrogen-bond donors (Lipinski definition) is 11. The zero-order valence-electron chi connectivity index (χ0n) is 17.7. The smallest absolute Gasteiger partial charge is 0.187 e. The summed E-state index contributed by atoms with van der Waals surface area (Å²) in [5.41, 5.74) is 0. The Morgan fingerprint density at radius 1 is 0.441 bits per heavy atom. The molecule has 34 heavy (non-hydrogen) atoms. The fraction of sp³-hybridized carbons (Fsp3) is 1.00. The molecule has 11 N–H and O–H groups in total. The molecule has 0 radical (unpaired) electrons. The van der Waals surface area contributed by atoms with Gasteiger partial charge in [-0.2, -0.15) is 0 Å². The van der Waals surface area contributed by atoms with Crippen molar-refractivity contribution in [1.29, 1.82) is 0 Å². The quantitative estimate of drug-likeness (QED) is 0.154. The van der Waals surface area contributed by atoms with E-state index in [1.807, 2.05) is 0 Å². The maximum Gasteiger partial charge on any atom is 0.187 e. The van der Waals surface area contributed by atoms with Gasteiger partial charge in [0, 0.05) is 0 Å². The first-order valence-corrected chi connectivity index (χ1v) is 10.6. The van der Waals surface area contributed by atoms with Crippen LogP contribution in [0.4, 0.5) is 0 Å². The van der Waals surface area contributed by atoms with Crippen molar-refractivity contribution < 1.29 is 79.9 Å². The summed E-state index contributed by atoms with van der Waals surface area (Å²) >= 11 is 0. The molecule has 0 spiro atoms. The van der Waals surface area contributed by atoms with Crippen LogP contribution in [0.3, 0.4) is 0 Å². The Balaban J connectivity index is 1.76. The maximum atomic E-state index is 10.8. The predicted molar refractivity (Wildman–Crippen MR) is 101 cm³/mol. The van der Waals surface area contributed by atoms with E-state index >= 15 is 0 Å². The van der Waals surface area contributed by atoms with Gasteiger partial charge in [-0.3, -0.25) is 0 Å². The highest BCUT2D eigenvalue weighted by Crippen LogP contribution is 2.32. The second kappa shape index (κ2) is 11.6. The molecule has 0 aliphatic carbocycles. The fourth-order valence-electron chi connectivity index (χ4n) is 4.04. The van der Waals surface area contributed by atoms with Gasteiger partial charge in [-0.05, 0) is 0 Å². The first-order valence-electron chi connectivity index (χ1n) is 10.6. The van der Waals surface area contributed by atoms with E-state index in [-0.39, 0.29) is 0 Å². The zero-order valence-corrected chi connectivity index (χ0v) is 17.7. The first kappa shape index (κ1) is 27.9. The second-order valence-electron chi connectivity index (χ2n) is 8.33. The summed E-state index contributed by atoms with van der Waals surface area (Å²) in [7, 11) is 0. The van der Waals surface area contributed by atoms with Crippen molar-refractivity contribution in [3.63, 3.8) is 0 Å². The Morgan fingerprint density at radius 2 is 0.853 bits per heavy atom. The third-order valence-corrected chi connectivity index (χ3v) is 6.09. The average molecular weight is 504 g/mol. The third-order valence-electron chi connectivity index (χ3n) is 6.09. The molecule has 0 amide bonds. The highest BCUT2D eigenvalue weighted by molar-refractivity contribution is 4.96. The van der Waals surface area contributed by atoms with Gasteiger partial charge in [0.25, 0.3) is 0 Å². The molecule has 3 heterocycles. The molecule has 0 saturated carbocycles. The van der Waals surface area contributed by atoms with E-state index in [4.69, 9.17) is 23.7 Å². The van der Waals surface area contributed by atoms with E-state index < -0.39 is 112 Å². The number of ether oxygens (including phenoxy) is 5. The summed E-state index contributed by atoms with van der Waals surface area (Å²) in [4.78, 5) is 0. The van der Waals surface area contributed by atoms with Gasteiger partial charge < -0.3 is 79.9 Å². The molecule has 15 atom stereocenters. The zero-order chi connectivity index (χ0) is 25.3. The van der Waals surface area contributed by atoms with Crippen molar-refractivity contribution in [3.05, 3.63) is 0 Å². The normalized spacial score (nSPS) is 52.5. The van der Waals surface area contributed by atoms with Crippen LogP contribution in [-0.2, 0) is 23.7 Å². The summed E-state index contributed by atoms with van der Waals surface area (Å²) < 4.78 is 26.4. The maximum absolute atomic E-state index is 10.8. The van der Waals surface area contributed by atoms with Gasteiger partial charge in [0.2, 0.25) is 0 Å². The lowest BCUT2D eigenvalue weighted by Gasteiger charge is -2.47. The van der Waals surface area contributed by atoms with Gasteiger partial charge in [0.05, 0.1) is 19.8 Å². The Hall–Kier alpha value is -0.640. The van der Waals surface area contributed by atoms with Crippen molar-refractivity contribution in [2.45, 2.75) is 92.1 Å². The summed E-state index contributed by atoms with van der Waals surface area (Å²) in [6.45, 7) is -2.31. The van der Waals surface area contributed by atoms with E-state index in [0.717, 1.165) is 0 Å². The monoisotopic (exact) mass is 504 g/mol. The summed E-state index contributed by atoms with van der Waals surface area (Å²) in [6.07, 6.45) is -25.4. The molecule has 0 aromatic heterocycles. The molecular formula is C18H32O16. The van der Waals surface area contributed by atoms with Gasteiger partial charge in [-0.15, -0.1) is 0 Å². The SMILES string of the molecule is OC[C@H]1O[C@H](O[C@H]2[C@@H](O)[C@H](O[C@H]3O[C@H](CO)[C@@H](O)[C@H](O)[C@@H]3O)[C@@H](CO)O[C@@H]2O)[C@@H](O)[C@@H](O)[C@@H]1O. The third kappa shape index (κ3) is 5.37. The molecule has 0 bridgehead atoms. The highest BCUT2D eigenvalue weighted by Gasteiger charge is 2.53. The lowest BCUT2D eigenvalue weighted by Crippen LogP contribution is -2.66. The number of aliphatic hydroxyl groups excluding tert-OH is 11. The summed E-state index contributed by atoms with van der Waals surface area (Å²) in [5.74, 6) is 0. The topological polar surface area (TPSA) is 269 Å². The van der Waals surface area contributed by atoms with Crippen LogP contribution < -0.4 is 0 Å². The van der Waals surface area contributed by atoms with Crippen molar-refractivity contribution >= 4 is 0 Å². The number of rotatable bonds is 7. The standard InChI is InChI=1S/C18H32O16/c19-1-4-7(22)9(24)11(26)17(31-4)33-14-6(3-21)30-16(29)15(13(14)28)34-18-12(27)10(25)8(23)5(2-20)32-18/h4-29H,1-3H2/t4-,5-,6-,7-,8-,9+,10+,11+,12+,13+,14-,15+,16+,17-,18-/m1/s1. The molecule has 3 saturated heterocycles. The fourth-order valence-corrected chi connectivity index (χ4v) is 4.04. The van der Waals surface area contributed by atoms with Crippen LogP contribution in [0.1, 0.15) is 0 Å². The van der Waals surface area contributed by atoms with Gasteiger partial charge in [0.1, 0.15) is 73.2 Å². The van der Waals surface area contributed by atoms with Gasteiger partial charge in [0.15, 0.2) is 18.9 Å². The molecule has 0 aromatic rings. The molecule has 0 aromatic carbocycles. The van der Waals surface area contributed by atoms with Crippen LogP contribution in [0, 0.1) is 0 Å². The lowest BCUT2D eigenvalue weighted by atomic mass is 9.96. The molecule has 200 valence electrons.